The number of unbranched alkanes of at least 4 members (excludes halogenated alkanes) is 3. The molecular weight excluding hydrogens is 207 g/mol. The summed E-state index contributed by atoms with van der Waals surface area (Å²) in [4.78, 5) is 0. The van der Waals surface area contributed by atoms with E-state index >= 15 is 0 Å². The molecule has 0 spiro atoms. The minimum absolute atomic E-state index is 0. The molecule has 0 aromatic carbocycles. The van der Waals surface area contributed by atoms with Gasteiger partial charge in [-0.05, 0) is 0 Å². The van der Waals surface area contributed by atoms with Crippen LogP contribution in [0.15, 0.2) is 0 Å². The summed E-state index contributed by atoms with van der Waals surface area (Å²) in [6.07, 6.45) is 5.07. The van der Waals surface area contributed by atoms with Crippen LogP contribution in [-0.2, 0) is 10.4 Å². The van der Waals surface area contributed by atoms with Crippen molar-refractivity contribution in [1.29, 1.82) is 0 Å². The Balaban J connectivity index is -0.000000126. The van der Waals surface area contributed by atoms with Crippen molar-refractivity contribution in [3.63, 3.8) is 0 Å². The van der Waals surface area contributed by atoms with Gasteiger partial charge in [0.2, 0.25) is 0 Å². The molecule has 4 nitrogen and oxygen atoms in total. The SMILES string of the molecule is O=S(=O)(O)O.[CH2-]CCCCC.[K+]. The summed E-state index contributed by atoms with van der Waals surface area (Å²) in [5.74, 6) is 0. The molecule has 0 radical (unpaired) electrons. The zero-order valence-corrected chi connectivity index (χ0v) is 11.6. The molecule has 0 aliphatic rings. The predicted molar refractivity (Wildman–Crippen MR) is 43.7 cm³/mol. The molecule has 0 atom stereocenters. The summed E-state index contributed by atoms with van der Waals surface area (Å²) in [6.45, 7) is 5.93. The molecule has 0 saturated heterocycles. The first-order valence-corrected chi connectivity index (χ1v) is 4.80. The first-order valence-electron chi connectivity index (χ1n) is 3.41. The summed E-state index contributed by atoms with van der Waals surface area (Å²) in [7, 11) is -4.67. The van der Waals surface area contributed by atoms with Crippen molar-refractivity contribution in [3.05, 3.63) is 6.92 Å². The largest absolute Gasteiger partial charge is 1.00 e. The van der Waals surface area contributed by atoms with Crippen LogP contribution in [0.2, 0.25) is 0 Å². The third-order valence-electron chi connectivity index (χ3n) is 0.854. The van der Waals surface area contributed by atoms with Gasteiger partial charge in [0.15, 0.2) is 0 Å². The fourth-order valence-electron chi connectivity index (χ4n) is 0.427. The third-order valence-corrected chi connectivity index (χ3v) is 0.854. The Morgan fingerprint density at radius 1 is 1.25 bits per heavy atom. The van der Waals surface area contributed by atoms with E-state index in [2.05, 4.69) is 13.8 Å². The van der Waals surface area contributed by atoms with E-state index in [0.717, 1.165) is 6.42 Å². The van der Waals surface area contributed by atoms with E-state index in [1.807, 2.05) is 0 Å². The average molecular weight is 222 g/mol. The van der Waals surface area contributed by atoms with Gasteiger partial charge < -0.3 is 6.92 Å². The third kappa shape index (κ3) is 62.5. The van der Waals surface area contributed by atoms with Crippen LogP contribution in [0.1, 0.15) is 32.6 Å². The van der Waals surface area contributed by atoms with E-state index in [1.54, 1.807) is 0 Å². The summed E-state index contributed by atoms with van der Waals surface area (Å²) < 4.78 is 31.6. The van der Waals surface area contributed by atoms with Crippen LogP contribution in [0.3, 0.4) is 0 Å². The van der Waals surface area contributed by atoms with E-state index < -0.39 is 10.4 Å². The molecule has 0 fully saturated rings. The number of hydrogen-bond donors (Lipinski definition) is 2. The molecule has 12 heavy (non-hydrogen) atoms. The van der Waals surface area contributed by atoms with Crippen LogP contribution < -0.4 is 51.4 Å². The van der Waals surface area contributed by atoms with E-state index in [-0.39, 0.29) is 51.4 Å². The summed E-state index contributed by atoms with van der Waals surface area (Å²) >= 11 is 0. The van der Waals surface area contributed by atoms with Crippen molar-refractivity contribution < 1.29 is 68.9 Å². The second-order valence-electron chi connectivity index (χ2n) is 2.01. The first kappa shape index (κ1) is 19.1. The molecule has 0 aromatic heterocycles. The van der Waals surface area contributed by atoms with Crippen LogP contribution in [-0.4, -0.2) is 17.5 Å². The van der Waals surface area contributed by atoms with Gasteiger partial charge in [0.05, 0.1) is 0 Å². The molecule has 0 aromatic rings. The zero-order valence-electron chi connectivity index (χ0n) is 7.65. The molecule has 0 aliphatic carbocycles. The monoisotopic (exact) mass is 222 g/mol. The predicted octanol–water partition coefficient (Wildman–Crippen LogP) is -1.25. The van der Waals surface area contributed by atoms with Crippen LogP contribution in [0.25, 0.3) is 0 Å². The molecule has 6 heteroatoms. The van der Waals surface area contributed by atoms with Crippen molar-refractivity contribution >= 4 is 10.4 Å². The van der Waals surface area contributed by atoms with Crippen LogP contribution in [0.5, 0.6) is 0 Å². The van der Waals surface area contributed by atoms with Gasteiger partial charge in [-0.2, -0.15) is 14.8 Å². The van der Waals surface area contributed by atoms with Gasteiger partial charge in [-0.15, -0.1) is 0 Å². The standard InChI is InChI=1S/C6H13.K.H2O4S/c1-3-5-6-4-2;;1-5(2,3)4/h1,3-6H2,2H3;;(H2,1,2,3,4)/q-1;+1;. The second-order valence-corrected chi connectivity index (χ2v) is 2.90. The van der Waals surface area contributed by atoms with E-state index in [9.17, 15) is 0 Å². The van der Waals surface area contributed by atoms with Gasteiger partial charge in [0.25, 0.3) is 0 Å². The molecule has 0 amide bonds. The molecule has 0 heterocycles. The number of rotatable bonds is 3. The van der Waals surface area contributed by atoms with Crippen molar-refractivity contribution in [3.8, 4) is 0 Å². The minimum atomic E-state index is -4.67. The van der Waals surface area contributed by atoms with Crippen LogP contribution in [0.4, 0.5) is 0 Å². The summed E-state index contributed by atoms with van der Waals surface area (Å²) in [5, 5.41) is 0. The van der Waals surface area contributed by atoms with Gasteiger partial charge in [0, 0.05) is 0 Å². The maximum Gasteiger partial charge on any atom is 1.00 e. The zero-order chi connectivity index (χ0) is 9.33. The normalized spacial score (nSPS) is 9.33. The van der Waals surface area contributed by atoms with E-state index in [4.69, 9.17) is 17.5 Å². The Morgan fingerprint density at radius 3 is 1.67 bits per heavy atom. The van der Waals surface area contributed by atoms with Gasteiger partial charge >= 0.3 is 61.8 Å². The Bertz CT molecular complexity index is 143. The first-order chi connectivity index (χ1) is 4.91. The molecule has 0 saturated carbocycles. The van der Waals surface area contributed by atoms with E-state index in [0.29, 0.717) is 0 Å². The summed E-state index contributed by atoms with van der Waals surface area (Å²) in [5.41, 5.74) is 0. The molecule has 70 valence electrons. The molecule has 0 unspecified atom stereocenters. The molecule has 2 N–H and O–H groups in total. The van der Waals surface area contributed by atoms with Gasteiger partial charge in [-0.1, -0.05) is 26.2 Å². The Labute approximate surface area is 117 Å². The van der Waals surface area contributed by atoms with Gasteiger partial charge in [-0.25, -0.2) is 0 Å². The quantitative estimate of drug-likeness (QED) is 0.271. The smallest absolute Gasteiger partial charge is 0.343 e. The van der Waals surface area contributed by atoms with Crippen molar-refractivity contribution in [2.75, 3.05) is 0 Å². The van der Waals surface area contributed by atoms with Crippen molar-refractivity contribution in [2.45, 2.75) is 32.6 Å². The Morgan fingerprint density at radius 2 is 1.58 bits per heavy atom. The second kappa shape index (κ2) is 12.5. The van der Waals surface area contributed by atoms with E-state index in [1.165, 1.54) is 19.3 Å². The van der Waals surface area contributed by atoms with Gasteiger partial charge in [0.1, 0.15) is 0 Å². The van der Waals surface area contributed by atoms with Crippen LogP contribution in [0, 0.1) is 6.92 Å². The molecule has 0 rings (SSSR count). The van der Waals surface area contributed by atoms with Gasteiger partial charge in [-0.3, -0.25) is 9.11 Å². The summed E-state index contributed by atoms with van der Waals surface area (Å²) in [6, 6.07) is 0. The van der Waals surface area contributed by atoms with Crippen molar-refractivity contribution in [2.24, 2.45) is 0 Å². The molecule has 0 bridgehead atoms. The Kier molecular flexibility index (Phi) is 19.9. The maximum atomic E-state index is 8.74. The fourth-order valence-corrected chi connectivity index (χ4v) is 0.427. The molecular formula is C6H15KO4S. The van der Waals surface area contributed by atoms with Crippen LogP contribution >= 0.6 is 0 Å². The maximum absolute atomic E-state index is 8.74. The Hall–Kier alpha value is 1.51. The number of hydrogen-bond acceptors (Lipinski definition) is 2. The van der Waals surface area contributed by atoms with Crippen molar-refractivity contribution in [1.82, 2.24) is 0 Å². The average Bonchev–Trinajstić information content (AvgIpc) is 1.79. The minimum Gasteiger partial charge on any atom is -0.343 e. The topological polar surface area (TPSA) is 74.6 Å². The molecule has 0 aliphatic heterocycles. The fraction of sp³-hybridized carbons (Fsp3) is 0.833.